The smallest absolute Gasteiger partial charge is 0.0214 e. The number of alkyl halides is 1. The Labute approximate surface area is 111 Å². The summed E-state index contributed by atoms with van der Waals surface area (Å²) >= 11 is 3.44. The van der Waals surface area contributed by atoms with E-state index in [1.807, 2.05) is 0 Å². The van der Waals surface area contributed by atoms with Crippen molar-refractivity contribution in [2.45, 2.75) is 66.2 Å². The summed E-state index contributed by atoms with van der Waals surface area (Å²) in [5, 5.41) is 1.00. The fraction of sp³-hybridized carbons (Fsp3) is 0.867. The van der Waals surface area contributed by atoms with Crippen molar-refractivity contribution in [3.8, 4) is 0 Å². The summed E-state index contributed by atoms with van der Waals surface area (Å²) in [6, 6.07) is 0. The van der Waals surface area contributed by atoms with E-state index in [1.165, 1.54) is 44.1 Å². The average Bonchev–Trinajstić information content (AvgIpc) is 2.17. The Morgan fingerprint density at radius 2 is 1.69 bits per heavy atom. The Hall–Kier alpha value is 0.220. The Morgan fingerprint density at radius 3 is 2.25 bits per heavy atom. The van der Waals surface area contributed by atoms with Crippen LogP contribution >= 0.6 is 15.9 Å². The standard InChI is InChI=1S/C15H29Br/c1-13(2)7-5-8-14(3)9-6-10-15(4)11-12-16/h11,13-14H,5-10,12H2,1-4H3/b15-11+/t14-/m1/s1. The molecule has 0 nitrogen and oxygen atoms in total. The van der Waals surface area contributed by atoms with Crippen LogP contribution in [0.2, 0.25) is 0 Å². The van der Waals surface area contributed by atoms with Gasteiger partial charge in [-0.05, 0) is 31.6 Å². The van der Waals surface area contributed by atoms with E-state index in [-0.39, 0.29) is 0 Å². The number of allylic oxidation sites excluding steroid dienone is 2. The summed E-state index contributed by atoms with van der Waals surface area (Å²) in [6.07, 6.45) is 10.5. The van der Waals surface area contributed by atoms with E-state index in [9.17, 15) is 0 Å². The van der Waals surface area contributed by atoms with Crippen molar-refractivity contribution in [2.24, 2.45) is 11.8 Å². The van der Waals surface area contributed by atoms with Crippen molar-refractivity contribution < 1.29 is 0 Å². The van der Waals surface area contributed by atoms with Gasteiger partial charge in [-0.15, -0.1) is 0 Å². The SMILES string of the molecule is C/C(=C\CBr)CCC[C@H](C)CCCC(C)C. The predicted octanol–water partition coefficient (Wildman–Crippen LogP) is 5.96. The van der Waals surface area contributed by atoms with E-state index >= 15 is 0 Å². The van der Waals surface area contributed by atoms with E-state index < -0.39 is 0 Å². The van der Waals surface area contributed by atoms with Gasteiger partial charge in [0.1, 0.15) is 0 Å². The van der Waals surface area contributed by atoms with Crippen LogP contribution in [0.25, 0.3) is 0 Å². The van der Waals surface area contributed by atoms with Gasteiger partial charge >= 0.3 is 0 Å². The molecule has 0 aromatic rings. The highest BCUT2D eigenvalue weighted by molar-refractivity contribution is 9.09. The molecule has 96 valence electrons. The molecule has 16 heavy (non-hydrogen) atoms. The van der Waals surface area contributed by atoms with Crippen molar-refractivity contribution >= 4 is 15.9 Å². The molecule has 0 aliphatic heterocycles. The topological polar surface area (TPSA) is 0 Å². The summed E-state index contributed by atoms with van der Waals surface area (Å²) in [5.41, 5.74) is 1.53. The van der Waals surface area contributed by atoms with Crippen LogP contribution in [0.4, 0.5) is 0 Å². The van der Waals surface area contributed by atoms with Crippen LogP contribution in [-0.4, -0.2) is 5.33 Å². The van der Waals surface area contributed by atoms with Crippen LogP contribution in [0, 0.1) is 11.8 Å². The van der Waals surface area contributed by atoms with E-state index in [4.69, 9.17) is 0 Å². The third-order valence-corrected chi connectivity index (χ3v) is 3.50. The fourth-order valence-corrected chi connectivity index (χ4v) is 2.53. The van der Waals surface area contributed by atoms with Crippen LogP contribution in [-0.2, 0) is 0 Å². The van der Waals surface area contributed by atoms with Crippen LogP contribution in [0.1, 0.15) is 66.2 Å². The predicted molar refractivity (Wildman–Crippen MR) is 79.3 cm³/mol. The van der Waals surface area contributed by atoms with E-state index in [0.717, 1.165) is 17.2 Å². The zero-order valence-electron chi connectivity index (χ0n) is 11.6. The van der Waals surface area contributed by atoms with E-state index in [0.29, 0.717) is 0 Å². The number of hydrogen-bond donors (Lipinski definition) is 0. The molecular weight excluding hydrogens is 260 g/mol. The third-order valence-electron chi connectivity index (χ3n) is 3.17. The maximum Gasteiger partial charge on any atom is 0.0214 e. The summed E-state index contributed by atoms with van der Waals surface area (Å²) in [4.78, 5) is 0. The number of rotatable bonds is 9. The average molecular weight is 289 g/mol. The molecule has 0 N–H and O–H groups in total. The van der Waals surface area contributed by atoms with Gasteiger partial charge in [-0.25, -0.2) is 0 Å². The lowest BCUT2D eigenvalue weighted by atomic mass is 9.94. The molecule has 0 bridgehead atoms. The van der Waals surface area contributed by atoms with Gasteiger partial charge in [0.25, 0.3) is 0 Å². The molecule has 0 saturated heterocycles. The van der Waals surface area contributed by atoms with Gasteiger partial charge in [0.05, 0.1) is 0 Å². The highest BCUT2D eigenvalue weighted by Crippen LogP contribution is 2.18. The molecule has 0 radical (unpaired) electrons. The molecule has 0 rings (SSSR count). The number of hydrogen-bond acceptors (Lipinski definition) is 0. The van der Waals surface area contributed by atoms with Gasteiger partial charge in [-0.3, -0.25) is 0 Å². The quantitative estimate of drug-likeness (QED) is 0.363. The first-order valence-electron chi connectivity index (χ1n) is 6.77. The fourth-order valence-electron chi connectivity index (χ4n) is 1.98. The molecule has 0 saturated carbocycles. The molecule has 0 aliphatic rings. The second kappa shape index (κ2) is 10.4. The Bertz CT molecular complexity index is 182. The first kappa shape index (κ1) is 16.2. The summed E-state index contributed by atoms with van der Waals surface area (Å²) in [6.45, 7) is 9.28. The van der Waals surface area contributed by atoms with Crippen molar-refractivity contribution in [3.05, 3.63) is 11.6 Å². The van der Waals surface area contributed by atoms with Crippen molar-refractivity contribution in [2.75, 3.05) is 5.33 Å². The molecule has 0 aromatic carbocycles. The lowest BCUT2D eigenvalue weighted by molar-refractivity contribution is 0.427. The van der Waals surface area contributed by atoms with Crippen LogP contribution < -0.4 is 0 Å². The second-order valence-corrected chi connectivity index (χ2v) is 6.17. The van der Waals surface area contributed by atoms with E-state index in [2.05, 4.69) is 49.7 Å². The van der Waals surface area contributed by atoms with Gasteiger partial charge in [-0.1, -0.05) is 74.0 Å². The molecule has 0 aliphatic carbocycles. The second-order valence-electron chi connectivity index (χ2n) is 5.53. The van der Waals surface area contributed by atoms with Crippen LogP contribution in [0.3, 0.4) is 0 Å². The highest BCUT2D eigenvalue weighted by atomic mass is 79.9. The van der Waals surface area contributed by atoms with Crippen molar-refractivity contribution in [1.82, 2.24) is 0 Å². The van der Waals surface area contributed by atoms with Crippen molar-refractivity contribution in [3.63, 3.8) is 0 Å². The minimum atomic E-state index is 0.872. The monoisotopic (exact) mass is 288 g/mol. The molecule has 0 heterocycles. The molecule has 0 unspecified atom stereocenters. The third kappa shape index (κ3) is 10.7. The summed E-state index contributed by atoms with van der Waals surface area (Å²) in [7, 11) is 0. The molecule has 0 aromatic heterocycles. The first-order chi connectivity index (χ1) is 7.56. The Kier molecular flexibility index (Phi) is 10.5. The minimum Gasteiger partial charge on any atom is -0.0883 e. The molecule has 0 amide bonds. The minimum absolute atomic E-state index is 0.872. The van der Waals surface area contributed by atoms with Crippen LogP contribution in [0.15, 0.2) is 11.6 Å². The summed E-state index contributed by atoms with van der Waals surface area (Å²) in [5.74, 6) is 1.78. The molecule has 0 spiro atoms. The Morgan fingerprint density at radius 1 is 1.06 bits per heavy atom. The zero-order valence-corrected chi connectivity index (χ0v) is 13.1. The number of halogens is 1. The first-order valence-corrected chi connectivity index (χ1v) is 7.90. The molecule has 1 atom stereocenters. The lowest BCUT2D eigenvalue weighted by Gasteiger charge is -2.12. The molecule has 0 fully saturated rings. The maximum atomic E-state index is 3.44. The lowest BCUT2D eigenvalue weighted by Crippen LogP contribution is -1.97. The van der Waals surface area contributed by atoms with E-state index in [1.54, 1.807) is 0 Å². The van der Waals surface area contributed by atoms with Crippen LogP contribution in [0.5, 0.6) is 0 Å². The van der Waals surface area contributed by atoms with Crippen molar-refractivity contribution in [1.29, 1.82) is 0 Å². The maximum absolute atomic E-state index is 3.44. The Balaban J connectivity index is 3.43. The zero-order chi connectivity index (χ0) is 12.4. The van der Waals surface area contributed by atoms with Gasteiger partial charge in [0.15, 0.2) is 0 Å². The molecule has 1 heteroatoms. The van der Waals surface area contributed by atoms with Gasteiger partial charge in [0, 0.05) is 5.33 Å². The molecular formula is C15H29Br. The largest absolute Gasteiger partial charge is 0.0883 e. The van der Waals surface area contributed by atoms with Gasteiger partial charge < -0.3 is 0 Å². The highest BCUT2D eigenvalue weighted by Gasteiger charge is 2.03. The van der Waals surface area contributed by atoms with Gasteiger partial charge in [-0.2, -0.15) is 0 Å². The normalized spacial score (nSPS) is 14.5. The van der Waals surface area contributed by atoms with Gasteiger partial charge in [0.2, 0.25) is 0 Å². The summed E-state index contributed by atoms with van der Waals surface area (Å²) < 4.78 is 0.